The van der Waals surface area contributed by atoms with Crippen molar-refractivity contribution in [2.45, 2.75) is 20.8 Å². The van der Waals surface area contributed by atoms with Crippen molar-refractivity contribution < 1.29 is 14.6 Å². The van der Waals surface area contributed by atoms with E-state index < -0.39 is 5.41 Å². The summed E-state index contributed by atoms with van der Waals surface area (Å²) in [6, 6.07) is 7.05. The molecular weight excluding hydrogens is 204 g/mol. The molecule has 88 valence electrons. The van der Waals surface area contributed by atoms with Crippen LogP contribution in [-0.2, 0) is 0 Å². The van der Waals surface area contributed by atoms with Crippen molar-refractivity contribution in [2.75, 3.05) is 13.2 Å². The molecule has 0 heterocycles. The van der Waals surface area contributed by atoms with Crippen molar-refractivity contribution in [1.29, 1.82) is 0 Å². The number of aliphatic hydroxyl groups is 1. The molecule has 0 radical (unpaired) electrons. The molecule has 0 aliphatic rings. The highest BCUT2D eigenvalue weighted by atomic mass is 16.5. The fourth-order valence-electron chi connectivity index (χ4n) is 1.32. The number of ketones is 1. The maximum atomic E-state index is 12.0. The molecule has 0 saturated carbocycles. The van der Waals surface area contributed by atoms with Gasteiger partial charge in [0.25, 0.3) is 0 Å². The maximum Gasteiger partial charge on any atom is 0.168 e. The summed E-state index contributed by atoms with van der Waals surface area (Å²) in [5, 5.41) is 8.64. The molecule has 3 nitrogen and oxygen atoms in total. The van der Waals surface area contributed by atoms with E-state index >= 15 is 0 Å². The number of aliphatic hydroxyl groups excluding tert-OH is 1. The van der Waals surface area contributed by atoms with Gasteiger partial charge in [-0.1, -0.05) is 32.9 Å². The first kappa shape index (κ1) is 12.7. The van der Waals surface area contributed by atoms with E-state index in [1.807, 2.05) is 20.8 Å². The molecule has 0 aromatic heterocycles. The summed E-state index contributed by atoms with van der Waals surface area (Å²) in [7, 11) is 0. The monoisotopic (exact) mass is 222 g/mol. The Hall–Kier alpha value is -1.35. The molecule has 0 unspecified atom stereocenters. The summed E-state index contributed by atoms with van der Waals surface area (Å²) in [5.74, 6) is 0.700. The largest absolute Gasteiger partial charge is 0.491 e. The van der Waals surface area contributed by atoms with E-state index in [1.54, 1.807) is 24.3 Å². The van der Waals surface area contributed by atoms with Gasteiger partial charge in [-0.25, -0.2) is 0 Å². The van der Waals surface area contributed by atoms with Crippen molar-refractivity contribution in [3.63, 3.8) is 0 Å². The molecule has 0 saturated heterocycles. The number of carbonyl (C=O) groups excluding carboxylic acids is 1. The fourth-order valence-corrected chi connectivity index (χ4v) is 1.32. The Balaban J connectivity index is 2.86. The minimum absolute atomic E-state index is 0.0303. The van der Waals surface area contributed by atoms with Gasteiger partial charge in [0, 0.05) is 11.0 Å². The van der Waals surface area contributed by atoms with E-state index in [0.717, 1.165) is 0 Å². The first-order chi connectivity index (χ1) is 7.45. The van der Waals surface area contributed by atoms with Crippen molar-refractivity contribution in [3.8, 4) is 5.75 Å². The first-order valence-electron chi connectivity index (χ1n) is 5.33. The summed E-state index contributed by atoms with van der Waals surface area (Å²) in [4.78, 5) is 12.0. The third kappa shape index (κ3) is 3.35. The number of hydrogen-bond acceptors (Lipinski definition) is 3. The lowest BCUT2D eigenvalue weighted by Crippen LogP contribution is -2.20. The second-order valence-electron chi connectivity index (χ2n) is 4.68. The minimum atomic E-state index is -0.393. The molecule has 1 aromatic rings. The van der Waals surface area contributed by atoms with E-state index in [1.165, 1.54) is 0 Å². The Morgan fingerprint density at radius 2 is 2.06 bits per heavy atom. The average Bonchev–Trinajstić information content (AvgIpc) is 2.24. The van der Waals surface area contributed by atoms with E-state index in [9.17, 15) is 4.79 Å². The van der Waals surface area contributed by atoms with E-state index in [4.69, 9.17) is 9.84 Å². The van der Waals surface area contributed by atoms with Crippen molar-refractivity contribution in [2.24, 2.45) is 5.41 Å². The number of hydrogen-bond donors (Lipinski definition) is 1. The Labute approximate surface area is 96.1 Å². The second-order valence-corrected chi connectivity index (χ2v) is 4.68. The lowest BCUT2D eigenvalue weighted by Gasteiger charge is -2.17. The third-order valence-corrected chi connectivity index (χ3v) is 2.14. The first-order valence-corrected chi connectivity index (χ1v) is 5.33. The van der Waals surface area contributed by atoms with Crippen LogP contribution in [0.4, 0.5) is 0 Å². The lowest BCUT2D eigenvalue weighted by molar-refractivity contribution is 0.0858. The number of carbonyl (C=O) groups is 1. The van der Waals surface area contributed by atoms with Crippen LogP contribution in [-0.4, -0.2) is 24.1 Å². The van der Waals surface area contributed by atoms with Crippen LogP contribution >= 0.6 is 0 Å². The van der Waals surface area contributed by atoms with Crippen LogP contribution in [0.25, 0.3) is 0 Å². The molecule has 0 aliphatic carbocycles. The molecule has 1 rings (SSSR count). The summed E-state index contributed by atoms with van der Waals surface area (Å²) in [6.45, 7) is 5.87. The van der Waals surface area contributed by atoms with Gasteiger partial charge in [-0.15, -0.1) is 0 Å². The number of Topliss-reactive ketones (excluding diaryl/α,β-unsaturated/α-hetero) is 1. The number of benzene rings is 1. The molecule has 1 N–H and O–H groups in total. The Morgan fingerprint density at radius 1 is 1.38 bits per heavy atom. The second kappa shape index (κ2) is 5.12. The Morgan fingerprint density at radius 3 is 2.62 bits per heavy atom. The van der Waals surface area contributed by atoms with Gasteiger partial charge in [0.05, 0.1) is 6.61 Å². The minimum Gasteiger partial charge on any atom is -0.491 e. The van der Waals surface area contributed by atoms with E-state index in [-0.39, 0.29) is 19.0 Å². The highest BCUT2D eigenvalue weighted by Crippen LogP contribution is 2.23. The predicted octanol–water partition coefficient (Wildman–Crippen LogP) is 2.29. The molecule has 0 amide bonds. The number of rotatable bonds is 4. The van der Waals surface area contributed by atoms with Crippen LogP contribution in [0, 0.1) is 5.41 Å². The zero-order chi connectivity index (χ0) is 12.2. The summed E-state index contributed by atoms with van der Waals surface area (Å²) in [5.41, 5.74) is 0.248. The topological polar surface area (TPSA) is 46.5 Å². The van der Waals surface area contributed by atoms with Crippen molar-refractivity contribution >= 4 is 5.78 Å². The molecule has 0 aliphatic heterocycles. The molecule has 16 heavy (non-hydrogen) atoms. The molecule has 0 fully saturated rings. The molecule has 0 atom stereocenters. The Kier molecular flexibility index (Phi) is 4.07. The van der Waals surface area contributed by atoms with Gasteiger partial charge in [-0.2, -0.15) is 0 Å². The summed E-state index contributed by atoms with van der Waals surface area (Å²) >= 11 is 0. The molecule has 0 bridgehead atoms. The summed E-state index contributed by atoms with van der Waals surface area (Å²) < 4.78 is 5.26. The van der Waals surface area contributed by atoms with Crippen LogP contribution in [0.15, 0.2) is 24.3 Å². The lowest BCUT2D eigenvalue weighted by atomic mass is 9.86. The predicted molar refractivity (Wildman–Crippen MR) is 62.8 cm³/mol. The SMILES string of the molecule is CC(C)(C)C(=O)c1cccc(OCCO)c1. The zero-order valence-corrected chi connectivity index (χ0v) is 9.99. The fraction of sp³-hybridized carbons (Fsp3) is 0.462. The van der Waals surface area contributed by atoms with Crippen molar-refractivity contribution in [1.82, 2.24) is 0 Å². The van der Waals surface area contributed by atoms with E-state index in [2.05, 4.69) is 0 Å². The molecule has 1 aromatic carbocycles. The zero-order valence-electron chi connectivity index (χ0n) is 9.99. The molecule has 3 heteroatoms. The van der Waals surface area contributed by atoms with Crippen molar-refractivity contribution in [3.05, 3.63) is 29.8 Å². The highest BCUT2D eigenvalue weighted by Gasteiger charge is 2.22. The van der Waals surface area contributed by atoms with E-state index in [0.29, 0.717) is 11.3 Å². The van der Waals surface area contributed by atoms with Gasteiger partial charge in [-0.05, 0) is 12.1 Å². The van der Waals surface area contributed by atoms with Gasteiger partial charge in [0.2, 0.25) is 0 Å². The normalized spacial score (nSPS) is 11.2. The smallest absolute Gasteiger partial charge is 0.168 e. The van der Waals surface area contributed by atoms with Crippen LogP contribution in [0.3, 0.4) is 0 Å². The van der Waals surface area contributed by atoms with Crippen LogP contribution in [0.1, 0.15) is 31.1 Å². The van der Waals surface area contributed by atoms with Gasteiger partial charge in [-0.3, -0.25) is 4.79 Å². The maximum absolute atomic E-state index is 12.0. The van der Waals surface area contributed by atoms with Gasteiger partial charge in [0.15, 0.2) is 5.78 Å². The number of ether oxygens (including phenoxy) is 1. The van der Waals surface area contributed by atoms with Crippen LogP contribution in [0.2, 0.25) is 0 Å². The third-order valence-electron chi connectivity index (χ3n) is 2.14. The molecule has 0 spiro atoms. The highest BCUT2D eigenvalue weighted by molar-refractivity contribution is 6.00. The van der Waals surface area contributed by atoms with Gasteiger partial charge in [0.1, 0.15) is 12.4 Å². The van der Waals surface area contributed by atoms with Crippen LogP contribution < -0.4 is 4.74 Å². The standard InChI is InChI=1S/C13H18O3/c1-13(2,3)12(15)10-5-4-6-11(9-10)16-8-7-14/h4-6,9,14H,7-8H2,1-3H3. The van der Waals surface area contributed by atoms with Gasteiger partial charge < -0.3 is 9.84 Å². The Bertz CT molecular complexity index is 364. The quantitative estimate of drug-likeness (QED) is 0.795. The van der Waals surface area contributed by atoms with Gasteiger partial charge >= 0.3 is 0 Å². The summed E-state index contributed by atoms with van der Waals surface area (Å²) in [6.07, 6.45) is 0. The molecular formula is C13H18O3. The van der Waals surface area contributed by atoms with Crippen LogP contribution in [0.5, 0.6) is 5.75 Å². The average molecular weight is 222 g/mol.